The van der Waals surface area contributed by atoms with E-state index in [1.165, 1.54) is 13.4 Å². The Bertz CT molecular complexity index is 1120. The van der Waals surface area contributed by atoms with Gasteiger partial charge in [0.2, 0.25) is 5.75 Å². The smallest absolute Gasteiger partial charge is 0.338 e. The first-order valence-corrected chi connectivity index (χ1v) is 9.50. The van der Waals surface area contributed by atoms with Crippen molar-refractivity contribution in [2.75, 3.05) is 39.9 Å². The van der Waals surface area contributed by atoms with E-state index in [0.717, 1.165) is 35.3 Å². The third-order valence-electron chi connectivity index (χ3n) is 5.39. The van der Waals surface area contributed by atoms with Crippen molar-refractivity contribution in [1.29, 1.82) is 0 Å². The summed E-state index contributed by atoms with van der Waals surface area (Å²) in [6.07, 6.45) is 2.30. The molecule has 0 atom stereocenters. The largest absolute Gasteiger partial charge is 0.493 e. The van der Waals surface area contributed by atoms with Gasteiger partial charge in [-0.15, -0.1) is 0 Å². The third-order valence-corrected chi connectivity index (χ3v) is 5.39. The van der Waals surface area contributed by atoms with E-state index < -0.39 is 0 Å². The van der Waals surface area contributed by atoms with E-state index in [9.17, 15) is 4.79 Å². The molecule has 0 unspecified atom stereocenters. The number of esters is 1. The zero-order chi connectivity index (χ0) is 21.3. The minimum absolute atomic E-state index is 0.339. The Morgan fingerprint density at radius 3 is 2.53 bits per heavy atom. The summed E-state index contributed by atoms with van der Waals surface area (Å²) in [4.78, 5) is 23.4. The molecule has 0 fully saturated rings. The summed E-state index contributed by atoms with van der Waals surface area (Å²) in [5.41, 5.74) is 3.31. The number of ether oxygens (including phenoxy) is 4. The molecular formula is C22H23N3O5. The van der Waals surface area contributed by atoms with Crippen LogP contribution >= 0.6 is 0 Å². The lowest BCUT2D eigenvalue weighted by Gasteiger charge is -2.31. The van der Waals surface area contributed by atoms with Gasteiger partial charge in [-0.1, -0.05) is 12.1 Å². The molecule has 2 heterocycles. The maximum absolute atomic E-state index is 12.3. The van der Waals surface area contributed by atoms with Crippen LogP contribution in [0.2, 0.25) is 0 Å². The van der Waals surface area contributed by atoms with Gasteiger partial charge in [-0.2, -0.15) is 0 Å². The topological polar surface area (TPSA) is 83.0 Å². The van der Waals surface area contributed by atoms with Crippen LogP contribution in [0.15, 0.2) is 30.6 Å². The second kappa shape index (κ2) is 8.06. The summed E-state index contributed by atoms with van der Waals surface area (Å²) in [6, 6.07) is 7.59. The van der Waals surface area contributed by atoms with Gasteiger partial charge in [-0.05, 0) is 29.7 Å². The normalized spacial score (nSPS) is 13.0. The number of aromatic nitrogens is 2. The maximum Gasteiger partial charge on any atom is 0.338 e. The van der Waals surface area contributed by atoms with E-state index in [0.29, 0.717) is 34.9 Å². The fourth-order valence-electron chi connectivity index (χ4n) is 3.97. The van der Waals surface area contributed by atoms with Crippen molar-refractivity contribution in [1.82, 2.24) is 9.97 Å². The number of hydrogen-bond acceptors (Lipinski definition) is 8. The van der Waals surface area contributed by atoms with Gasteiger partial charge in [0, 0.05) is 13.1 Å². The fourth-order valence-corrected chi connectivity index (χ4v) is 3.97. The molecule has 0 saturated heterocycles. The van der Waals surface area contributed by atoms with Crippen LogP contribution in [0.5, 0.6) is 17.2 Å². The van der Waals surface area contributed by atoms with E-state index in [1.807, 2.05) is 18.2 Å². The third kappa shape index (κ3) is 3.14. The Hall–Kier alpha value is -3.55. The Morgan fingerprint density at radius 1 is 1.03 bits per heavy atom. The summed E-state index contributed by atoms with van der Waals surface area (Å²) >= 11 is 0. The van der Waals surface area contributed by atoms with Gasteiger partial charge in [-0.3, -0.25) is 0 Å². The SMILES string of the molecule is COC(=O)c1cccc2c1CN(c1ncnc3c(OC)c(OC)c(OC)cc13)CC2. The Labute approximate surface area is 174 Å². The lowest BCUT2D eigenvalue weighted by molar-refractivity contribution is 0.0599. The number of methoxy groups -OCH3 is 4. The Balaban J connectivity index is 1.85. The van der Waals surface area contributed by atoms with Crippen molar-refractivity contribution >= 4 is 22.7 Å². The molecule has 1 aromatic heterocycles. The van der Waals surface area contributed by atoms with Gasteiger partial charge < -0.3 is 23.8 Å². The Kier molecular flexibility index (Phi) is 5.31. The quantitative estimate of drug-likeness (QED) is 0.595. The zero-order valence-electron chi connectivity index (χ0n) is 17.4. The number of carbonyl (C=O) groups is 1. The molecule has 1 aliphatic heterocycles. The van der Waals surface area contributed by atoms with Crippen molar-refractivity contribution in [2.45, 2.75) is 13.0 Å². The van der Waals surface area contributed by atoms with E-state index in [4.69, 9.17) is 18.9 Å². The van der Waals surface area contributed by atoms with E-state index in [2.05, 4.69) is 14.9 Å². The van der Waals surface area contributed by atoms with Crippen molar-refractivity contribution in [3.05, 3.63) is 47.3 Å². The second-order valence-corrected chi connectivity index (χ2v) is 6.85. The molecule has 0 amide bonds. The average Bonchev–Trinajstić information content (AvgIpc) is 2.80. The van der Waals surface area contributed by atoms with Crippen LogP contribution < -0.4 is 19.1 Å². The summed E-state index contributed by atoms with van der Waals surface area (Å²) in [7, 11) is 6.10. The van der Waals surface area contributed by atoms with Crippen molar-refractivity contribution < 1.29 is 23.7 Å². The van der Waals surface area contributed by atoms with Gasteiger partial charge >= 0.3 is 5.97 Å². The van der Waals surface area contributed by atoms with E-state index in [-0.39, 0.29) is 5.97 Å². The minimum atomic E-state index is -0.339. The molecule has 0 spiro atoms. The average molecular weight is 409 g/mol. The fraction of sp³-hybridized carbons (Fsp3) is 0.318. The first kappa shape index (κ1) is 19.8. The molecule has 30 heavy (non-hydrogen) atoms. The molecule has 0 radical (unpaired) electrons. The Morgan fingerprint density at radius 2 is 1.83 bits per heavy atom. The van der Waals surface area contributed by atoms with Crippen LogP contribution in [0.3, 0.4) is 0 Å². The highest BCUT2D eigenvalue weighted by atomic mass is 16.5. The number of anilines is 1. The number of benzene rings is 2. The van der Waals surface area contributed by atoms with Gasteiger partial charge in [-0.25, -0.2) is 14.8 Å². The van der Waals surface area contributed by atoms with Crippen LogP contribution in [-0.4, -0.2) is 50.9 Å². The number of carbonyl (C=O) groups excluding carboxylic acids is 1. The van der Waals surface area contributed by atoms with E-state index in [1.54, 1.807) is 27.4 Å². The van der Waals surface area contributed by atoms with Crippen LogP contribution in [0.4, 0.5) is 5.82 Å². The molecule has 0 bridgehead atoms. The molecule has 2 aromatic carbocycles. The van der Waals surface area contributed by atoms with E-state index >= 15 is 0 Å². The summed E-state index contributed by atoms with van der Waals surface area (Å²) in [5, 5.41) is 0.783. The lowest BCUT2D eigenvalue weighted by atomic mass is 9.94. The molecule has 0 N–H and O–H groups in total. The molecule has 3 aromatic rings. The van der Waals surface area contributed by atoms with Crippen LogP contribution in [0.25, 0.3) is 10.9 Å². The molecule has 0 saturated carbocycles. The van der Waals surface area contributed by atoms with Crippen LogP contribution in [-0.2, 0) is 17.7 Å². The predicted octanol–water partition coefficient (Wildman–Crippen LogP) is 3.00. The maximum atomic E-state index is 12.3. The minimum Gasteiger partial charge on any atom is -0.493 e. The molecule has 156 valence electrons. The highest BCUT2D eigenvalue weighted by Gasteiger charge is 2.26. The molecule has 1 aliphatic rings. The summed E-state index contributed by atoms with van der Waals surface area (Å²) in [5.74, 6) is 1.90. The molecule has 4 rings (SSSR count). The lowest BCUT2D eigenvalue weighted by Crippen LogP contribution is -2.32. The van der Waals surface area contributed by atoms with Gasteiger partial charge in [0.1, 0.15) is 17.7 Å². The number of fused-ring (bicyclic) bond motifs is 2. The van der Waals surface area contributed by atoms with Gasteiger partial charge in [0.15, 0.2) is 11.5 Å². The number of nitrogens with zero attached hydrogens (tertiary/aromatic N) is 3. The monoisotopic (exact) mass is 409 g/mol. The summed E-state index contributed by atoms with van der Waals surface area (Å²) < 4.78 is 21.5. The van der Waals surface area contributed by atoms with Crippen molar-refractivity contribution in [2.24, 2.45) is 0 Å². The van der Waals surface area contributed by atoms with Crippen LogP contribution in [0, 0.1) is 0 Å². The first-order valence-electron chi connectivity index (χ1n) is 9.50. The van der Waals surface area contributed by atoms with Gasteiger partial charge in [0.05, 0.1) is 39.4 Å². The highest BCUT2D eigenvalue weighted by molar-refractivity contribution is 5.97. The molecule has 8 nitrogen and oxygen atoms in total. The number of hydrogen-bond donors (Lipinski definition) is 0. The predicted molar refractivity (Wildman–Crippen MR) is 112 cm³/mol. The van der Waals surface area contributed by atoms with Crippen molar-refractivity contribution in [3.8, 4) is 17.2 Å². The second-order valence-electron chi connectivity index (χ2n) is 6.85. The molecule has 8 heteroatoms. The molecular weight excluding hydrogens is 386 g/mol. The molecule has 0 aliphatic carbocycles. The summed E-state index contributed by atoms with van der Waals surface area (Å²) in [6.45, 7) is 1.28. The zero-order valence-corrected chi connectivity index (χ0v) is 17.4. The van der Waals surface area contributed by atoms with Gasteiger partial charge in [0.25, 0.3) is 0 Å². The van der Waals surface area contributed by atoms with Crippen LogP contribution in [0.1, 0.15) is 21.5 Å². The first-order chi connectivity index (χ1) is 14.6. The number of rotatable bonds is 5. The van der Waals surface area contributed by atoms with Crippen molar-refractivity contribution in [3.63, 3.8) is 0 Å². The standard InChI is InChI=1S/C22H23N3O5/c1-27-17-10-15-18(20(29-3)19(17)28-2)23-12-24-21(15)25-9-8-13-6-5-7-14(16(13)11-25)22(26)30-4/h5-7,10,12H,8-9,11H2,1-4H3. The highest BCUT2D eigenvalue weighted by Crippen LogP contribution is 2.44.